The molecular weight excluding hydrogens is 506 g/mol. The smallest absolute Gasteiger partial charge is 0.343 e. The van der Waals surface area contributed by atoms with Crippen LogP contribution >= 0.6 is 15.9 Å². The van der Waals surface area contributed by atoms with Crippen LogP contribution in [0, 0.1) is 24.0 Å². The number of hydrazone groups is 1. The first kappa shape index (κ1) is 24.6. The molecule has 3 aromatic carbocycles. The van der Waals surface area contributed by atoms with Crippen LogP contribution in [0.3, 0.4) is 0 Å². The molecule has 0 spiro atoms. The van der Waals surface area contributed by atoms with Crippen LogP contribution in [-0.4, -0.2) is 29.6 Å². The maximum atomic E-state index is 12.2. The highest BCUT2D eigenvalue weighted by Crippen LogP contribution is 2.28. The Kier molecular flexibility index (Phi) is 8.10. The first-order valence-electron chi connectivity index (χ1n) is 10.0. The topological polar surface area (TPSA) is 120 Å². The predicted molar refractivity (Wildman–Crippen MR) is 129 cm³/mol. The molecule has 0 aliphatic rings. The summed E-state index contributed by atoms with van der Waals surface area (Å²) in [5, 5.41) is 14.8. The van der Waals surface area contributed by atoms with Crippen LogP contribution in [0.4, 0.5) is 5.69 Å². The molecule has 0 radical (unpaired) electrons. The lowest BCUT2D eigenvalue weighted by atomic mass is 10.1. The minimum Gasteiger partial charge on any atom is -0.483 e. The number of carbonyl (C=O) groups is 2. The van der Waals surface area contributed by atoms with E-state index in [1.807, 2.05) is 0 Å². The number of amides is 1. The summed E-state index contributed by atoms with van der Waals surface area (Å²) < 4.78 is 11.7. The van der Waals surface area contributed by atoms with Crippen molar-refractivity contribution >= 4 is 39.7 Å². The Morgan fingerprint density at radius 3 is 2.26 bits per heavy atom. The molecule has 0 aromatic heterocycles. The Morgan fingerprint density at radius 1 is 1.06 bits per heavy atom. The highest BCUT2D eigenvalue weighted by Gasteiger charge is 2.14. The number of hydrogen-bond donors (Lipinski definition) is 1. The average molecular weight is 526 g/mol. The Morgan fingerprint density at radius 2 is 1.68 bits per heavy atom. The van der Waals surface area contributed by atoms with Gasteiger partial charge >= 0.3 is 5.97 Å². The van der Waals surface area contributed by atoms with E-state index >= 15 is 0 Å². The van der Waals surface area contributed by atoms with E-state index in [9.17, 15) is 19.7 Å². The highest BCUT2D eigenvalue weighted by molar-refractivity contribution is 9.10. The number of nitro benzene ring substituents is 1. The summed E-state index contributed by atoms with van der Waals surface area (Å²) in [5.74, 6) is -0.178. The predicted octanol–water partition coefficient (Wildman–Crippen LogP) is 4.72. The molecule has 1 N–H and O–H groups in total. The van der Waals surface area contributed by atoms with Gasteiger partial charge in [-0.15, -0.1) is 0 Å². The Bertz CT molecular complexity index is 1220. The van der Waals surface area contributed by atoms with Crippen LogP contribution in [0.1, 0.15) is 27.0 Å². The number of rotatable bonds is 8. The lowest BCUT2D eigenvalue weighted by molar-refractivity contribution is -0.385. The zero-order chi connectivity index (χ0) is 24.7. The van der Waals surface area contributed by atoms with E-state index in [1.54, 1.807) is 62.4 Å². The van der Waals surface area contributed by atoms with Crippen molar-refractivity contribution < 1.29 is 24.0 Å². The zero-order valence-electron chi connectivity index (χ0n) is 18.3. The summed E-state index contributed by atoms with van der Waals surface area (Å²) in [6.07, 6.45) is 1.43. The Hall–Kier alpha value is -4.05. The minimum absolute atomic E-state index is 0.0366. The van der Waals surface area contributed by atoms with Gasteiger partial charge in [-0.3, -0.25) is 14.9 Å². The number of aryl methyl sites for hydroxylation is 2. The average Bonchev–Trinajstić information content (AvgIpc) is 2.80. The summed E-state index contributed by atoms with van der Waals surface area (Å²) in [6, 6.07) is 16.2. The number of nitrogens with zero attached hydrogens (tertiary/aromatic N) is 2. The fourth-order valence-electron chi connectivity index (χ4n) is 2.98. The van der Waals surface area contributed by atoms with Gasteiger partial charge in [-0.1, -0.05) is 15.9 Å². The van der Waals surface area contributed by atoms with Gasteiger partial charge in [-0.05, 0) is 79.1 Å². The number of non-ortho nitro benzene ring substituents is 1. The van der Waals surface area contributed by atoms with Gasteiger partial charge in [0.1, 0.15) is 11.5 Å². The third-order valence-corrected chi connectivity index (χ3v) is 5.11. The molecule has 1 amide bonds. The molecule has 0 fully saturated rings. The first-order valence-corrected chi connectivity index (χ1v) is 10.8. The Balaban J connectivity index is 1.49. The molecule has 3 rings (SSSR count). The summed E-state index contributed by atoms with van der Waals surface area (Å²) >= 11 is 3.31. The minimum atomic E-state index is -0.492. The van der Waals surface area contributed by atoms with Crippen LogP contribution in [0.15, 0.2) is 70.2 Å². The number of nitrogens with one attached hydrogen (secondary N) is 1. The van der Waals surface area contributed by atoms with Crippen LogP contribution in [0.5, 0.6) is 11.5 Å². The Labute approximate surface area is 203 Å². The van der Waals surface area contributed by atoms with Crippen molar-refractivity contribution in [2.75, 3.05) is 6.61 Å². The molecule has 0 saturated heterocycles. The molecule has 0 unspecified atom stereocenters. The maximum absolute atomic E-state index is 12.2. The molecule has 174 valence electrons. The normalized spacial score (nSPS) is 10.7. The molecule has 10 heteroatoms. The van der Waals surface area contributed by atoms with Crippen LogP contribution in [-0.2, 0) is 4.79 Å². The number of halogens is 1. The number of nitro groups is 1. The molecule has 34 heavy (non-hydrogen) atoms. The molecule has 9 nitrogen and oxygen atoms in total. The fraction of sp³-hybridized carbons (Fsp3) is 0.125. The molecule has 0 bridgehead atoms. The number of carbonyl (C=O) groups excluding carboxylic acids is 2. The maximum Gasteiger partial charge on any atom is 0.343 e. The summed E-state index contributed by atoms with van der Waals surface area (Å²) in [6.45, 7) is 3.04. The summed E-state index contributed by atoms with van der Waals surface area (Å²) in [7, 11) is 0. The molecule has 3 aromatic rings. The molecule has 0 aliphatic carbocycles. The van der Waals surface area contributed by atoms with E-state index in [2.05, 4.69) is 26.5 Å². The van der Waals surface area contributed by atoms with Crippen molar-refractivity contribution in [1.29, 1.82) is 0 Å². The SMILES string of the molecule is Cc1cc([N+](=O)[O-])cc(C)c1OCC(=O)N/N=C/c1ccc(OC(=O)c2ccc(Br)cc2)cc1. The monoisotopic (exact) mass is 525 g/mol. The second-order valence-electron chi connectivity index (χ2n) is 7.21. The van der Waals surface area contributed by atoms with Gasteiger partial charge in [0.05, 0.1) is 16.7 Å². The number of ether oxygens (including phenoxy) is 2. The van der Waals surface area contributed by atoms with Crippen molar-refractivity contribution in [3.8, 4) is 11.5 Å². The summed E-state index contributed by atoms with van der Waals surface area (Å²) in [4.78, 5) is 34.6. The standard InChI is InChI=1S/C24H20BrN3O6/c1-15-11-20(28(31)32)12-16(2)23(15)33-14-22(29)27-26-13-17-3-9-21(10-4-17)34-24(30)18-5-7-19(25)8-6-18/h3-13H,14H2,1-2H3,(H,27,29)/b26-13+. The lowest BCUT2D eigenvalue weighted by Crippen LogP contribution is -2.25. The van der Waals surface area contributed by atoms with Gasteiger partial charge in [0, 0.05) is 16.6 Å². The van der Waals surface area contributed by atoms with Crippen molar-refractivity contribution in [3.63, 3.8) is 0 Å². The van der Waals surface area contributed by atoms with Crippen LogP contribution < -0.4 is 14.9 Å². The van der Waals surface area contributed by atoms with Gasteiger partial charge in [-0.25, -0.2) is 10.2 Å². The lowest BCUT2D eigenvalue weighted by Gasteiger charge is -2.11. The zero-order valence-corrected chi connectivity index (χ0v) is 19.9. The van der Waals surface area contributed by atoms with Gasteiger partial charge in [-0.2, -0.15) is 5.10 Å². The quantitative estimate of drug-likeness (QED) is 0.149. The van der Waals surface area contributed by atoms with E-state index in [0.29, 0.717) is 33.8 Å². The molecular formula is C24H20BrN3O6. The van der Waals surface area contributed by atoms with E-state index in [4.69, 9.17) is 9.47 Å². The number of hydrogen-bond acceptors (Lipinski definition) is 7. The molecule has 0 atom stereocenters. The molecule has 0 aliphatic heterocycles. The fourth-order valence-corrected chi connectivity index (χ4v) is 3.25. The van der Waals surface area contributed by atoms with Crippen molar-refractivity contribution in [1.82, 2.24) is 5.43 Å². The highest BCUT2D eigenvalue weighted by atomic mass is 79.9. The van der Waals surface area contributed by atoms with Crippen molar-refractivity contribution in [2.24, 2.45) is 5.10 Å². The van der Waals surface area contributed by atoms with Gasteiger partial charge < -0.3 is 9.47 Å². The van der Waals surface area contributed by atoms with E-state index in [0.717, 1.165) is 4.47 Å². The van der Waals surface area contributed by atoms with E-state index in [1.165, 1.54) is 18.3 Å². The van der Waals surface area contributed by atoms with Crippen LogP contribution in [0.2, 0.25) is 0 Å². The van der Waals surface area contributed by atoms with Crippen molar-refractivity contribution in [3.05, 3.63) is 97.5 Å². The third kappa shape index (κ3) is 6.72. The first-order chi connectivity index (χ1) is 16.2. The summed E-state index contributed by atoms with van der Waals surface area (Å²) in [5.41, 5.74) is 4.53. The van der Waals surface area contributed by atoms with Gasteiger partial charge in [0.25, 0.3) is 11.6 Å². The second kappa shape index (κ2) is 11.2. The molecule has 0 saturated carbocycles. The van der Waals surface area contributed by atoms with Crippen LogP contribution in [0.25, 0.3) is 0 Å². The number of esters is 1. The van der Waals surface area contributed by atoms with Crippen molar-refractivity contribution in [2.45, 2.75) is 13.8 Å². The van der Waals surface area contributed by atoms with E-state index in [-0.39, 0.29) is 12.3 Å². The largest absolute Gasteiger partial charge is 0.483 e. The number of benzene rings is 3. The third-order valence-electron chi connectivity index (χ3n) is 4.58. The second-order valence-corrected chi connectivity index (χ2v) is 8.13. The van der Waals surface area contributed by atoms with Gasteiger partial charge in [0.2, 0.25) is 0 Å². The van der Waals surface area contributed by atoms with Gasteiger partial charge in [0.15, 0.2) is 6.61 Å². The van der Waals surface area contributed by atoms with E-state index < -0.39 is 16.8 Å². The molecule has 0 heterocycles.